The van der Waals surface area contributed by atoms with Gasteiger partial charge in [-0.15, -0.1) is 0 Å². The highest BCUT2D eigenvalue weighted by Gasteiger charge is 2.21. The van der Waals surface area contributed by atoms with Crippen LogP contribution in [0.25, 0.3) is 0 Å². The molecule has 0 radical (unpaired) electrons. The smallest absolute Gasteiger partial charge is 0.242 e. The van der Waals surface area contributed by atoms with E-state index in [2.05, 4.69) is 0 Å². The van der Waals surface area contributed by atoms with E-state index in [0.717, 1.165) is 4.31 Å². The molecule has 114 valence electrons. The van der Waals surface area contributed by atoms with Crippen LogP contribution < -0.4 is 10.6 Å². The number of nitrogen functional groups attached to an aromatic ring is 1. The number of rotatable bonds is 5. The summed E-state index contributed by atoms with van der Waals surface area (Å²) < 4.78 is 25.2. The van der Waals surface area contributed by atoms with Gasteiger partial charge in [-0.3, -0.25) is 0 Å². The molecular weight excluding hydrogens is 278 g/mol. The normalized spacial score (nSPS) is 12.8. The van der Waals surface area contributed by atoms with Crippen molar-refractivity contribution in [2.75, 3.05) is 38.3 Å². The van der Waals surface area contributed by atoms with Crippen molar-refractivity contribution in [3.63, 3.8) is 0 Å². The zero-order chi connectivity index (χ0) is 15.7. The van der Waals surface area contributed by atoms with Gasteiger partial charge in [0.2, 0.25) is 10.0 Å². The van der Waals surface area contributed by atoms with Crippen molar-refractivity contribution >= 4 is 21.4 Å². The summed E-state index contributed by atoms with van der Waals surface area (Å²) in [6.45, 7) is 3.78. The van der Waals surface area contributed by atoms with Crippen molar-refractivity contribution in [3.8, 4) is 0 Å². The Bertz CT molecular complexity index is 577. The quantitative estimate of drug-likeness (QED) is 0.783. The molecule has 0 atom stereocenters. The summed E-state index contributed by atoms with van der Waals surface area (Å²) in [5, 5.41) is 9.81. The maximum Gasteiger partial charge on any atom is 0.242 e. The van der Waals surface area contributed by atoms with Gasteiger partial charge in [0, 0.05) is 27.7 Å². The first-order valence-electron chi connectivity index (χ1n) is 6.21. The summed E-state index contributed by atoms with van der Waals surface area (Å²) in [6, 6.07) is 4.60. The Morgan fingerprint density at radius 2 is 1.80 bits per heavy atom. The standard InChI is InChI=1S/C13H23N3O3S/c1-13(2,17)9-16(5)12-7-6-10(8-11(12)14)20(18,19)15(3)4/h6-8,17H,9,14H2,1-5H3. The zero-order valence-corrected chi connectivity index (χ0v) is 13.4. The van der Waals surface area contributed by atoms with Crippen LogP contribution in [0.5, 0.6) is 0 Å². The first kappa shape index (κ1) is 16.7. The third-order valence-electron chi connectivity index (χ3n) is 2.81. The largest absolute Gasteiger partial charge is 0.397 e. The lowest BCUT2D eigenvalue weighted by Crippen LogP contribution is -2.36. The Hall–Kier alpha value is -1.31. The Labute approximate surface area is 120 Å². The van der Waals surface area contributed by atoms with E-state index in [-0.39, 0.29) is 4.90 Å². The molecule has 0 bridgehead atoms. The molecule has 20 heavy (non-hydrogen) atoms. The first-order chi connectivity index (χ1) is 8.95. The van der Waals surface area contributed by atoms with E-state index in [4.69, 9.17) is 5.73 Å². The molecule has 0 amide bonds. The second-order valence-corrected chi connectivity index (χ2v) is 7.83. The van der Waals surface area contributed by atoms with Crippen molar-refractivity contribution in [1.29, 1.82) is 0 Å². The number of benzene rings is 1. The molecule has 1 rings (SSSR count). The minimum Gasteiger partial charge on any atom is -0.397 e. The number of nitrogens with zero attached hydrogens (tertiary/aromatic N) is 2. The Kier molecular flexibility index (Phi) is 4.68. The summed E-state index contributed by atoms with van der Waals surface area (Å²) >= 11 is 0. The summed E-state index contributed by atoms with van der Waals surface area (Å²) in [5.41, 5.74) is 6.11. The van der Waals surface area contributed by atoms with E-state index in [1.807, 2.05) is 0 Å². The number of hydrogen-bond acceptors (Lipinski definition) is 5. The van der Waals surface area contributed by atoms with Crippen molar-refractivity contribution in [3.05, 3.63) is 18.2 Å². The monoisotopic (exact) mass is 301 g/mol. The van der Waals surface area contributed by atoms with Crippen LogP contribution in [0.2, 0.25) is 0 Å². The Morgan fingerprint density at radius 3 is 2.20 bits per heavy atom. The van der Waals surface area contributed by atoms with E-state index in [9.17, 15) is 13.5 Å². The van der Waals surface area contributed by atoms with Gasteiger partial charge >= 0.3 is 0 Å². The number of sulfonamides is 1. The summed E-state index contributed by atoms with van der Waals surface area (Å²) in [7, 11) is 1.25. The molecule has 0 aliphatic rings. The molecular formula is C13H23N3O3S. The van der Waals surface area contributed by atoms with Gasteiger partial charge in [0.15, 0.2) is 0 Å². The summed E-state index contributed by atoms with van der Waals surface area (Å²) in [4.78, 5) is 1.95. The lowest BCUT2D eigenvalue weighted by molar-refractivity contribution is 0.0886. The summed E-state index contributed by atoms with van der Waals surface area (Å²) in [5.74, 6) is 0. The second kappa shape index (κ2) is 5.59. The van der Waals surface area contributed by atoms with Gasteiger partial charge in [0.25, 0.3) is 0 Å². The SMILES string of the molecule is CN(CC(C)(C)O)c1ccc(S(=O)(=O)N(C)C)cc1N. The number of anilines is 2. The van der Waals surface area contributed by atoms with E-state index in [0.29, 0.717) is 17.9 Å². The van der Waals surface area contributed by atoms with Crippen molar-refractivity contribution < 1.29 is 13.5 Å². The molecule has 0 aliphatic carbocycles. The molecule has 0 saturated carbocycles. The van der Waals surface area contributed by atoms with E-state index in [1.54, 1.807) is 31.9 Å². The number of aliphatic hydroxyl groups is 1. The molecule has 0 aromatic heterocycles. The lowest BCUT2D eigenvalue weighted by Gasteiger charge is -2.28. The fourth-order valence-electron chi connectivity index (χ4n) is 1.92. The molecule has 0 aliphatic heterocycles. The van der Waals surface area contributed by atoms with Gasteiger partial charge in [0.1, 0.15) is 0 Å². The molecule has 0 fully saturated rings. The molecule has 6 nitrogen and oxygen atoms in total. The molecule has 0 unspecified atom stereocenters. The van der Waals surface area contributed by atoms with Crippen LogP contribution >= 0.6 is 0 Å². The third kappa shape index (κ3) is 3.84. The zero-order valence-electron chi connectivity index (χ0n) is 12.6. The van der Waals surface area contributed by atoms with Gasteiger partial charge < -0.3 is 15.7 Å². The number of likely N-dealkylation sites (N-methyl/N-ethyl adjacent to an activating group) is 1. The van der Waals surface area contributed by atoms with Gasteiger partial charge in [-0.25, -0.2) is 12.7 Å². The summed E-state index contributed by atoms with van der Waals surface area (Å²) in [6.07, 6.45) is 0. The third-order valence-corrected chi connectivity index (χ3v) is 4.62. The highest BCUT2D eigenvalue weighted by molar-refractivity contribution is 7.89. The molecule has 7 heteroatoms. The van der Waals surface area contributed by atoms with E-state index >= 15 is 0 Å². The first-order valence-corrected chi connectivity index (χ1v) is 7.65. The van der Waals surface area contributed by atoms with Crippen LogP contribution in [0.1, 0.15) is 13.8 Å². The molecule has 0 spiro atoms. The highest BCUT2D eigenvalue weighted by atomic mass is 32.2. The van der Waals surface area contributed by atoms with Gasteiger partial charge in [0.05, 0.1) is 21.9 Å². The van der Waals surface area contributed by atoms with E-state index < -0.39 is 15.6 Å². The average Bonchev–Trinajstić information content (AvgIpc) is 2.25. The van der Waals surface area contributed by atoms with Crippen molar-refractivity contribution in [2.24, 2.45) is 0 Å². The van der Waals surface area contributed by atoms with Crippen LogP contribution in [0, 0.1) is 0 Å². The van der Waals surface area contributed by atoms with Gasteiger partial charge in [-0.2, -0.15) is 0 Å². The maximum absolute atomic E-state index is 12.0. The topological polar surface area (TPSA) is 86.9 Å². The second-order valence-electron chi connectivity index (χ2n) is 5.68. The van der Waals surface area contributed by atoms with Crippen molar-refractivity contribution in [2.45, 2.75) is 24.3 Å². The molecule has 0 heterocycles. The van der Waals surface area contributed by atoms with Crippen LogP contribution in [0.15, 0.2) is 23.1 Å². The molecule has 0 saturated heterocycles. The predicted octanol–water partition coefficient (Wildman–Crippen LogP) is 0.726. The van der Waals surface area contributed by atoms with Crippen LogP contribution in [0.4, 0.5) is 11.4 Å². The van der Waals surface area contributed by atoms with Crippen LogP contribution in [0.3, 0.4) is 0 Å². The van der Waals surface area contributed by atoms with Gasteiger partial charge in [-0.1, -0.05) is 0 Å². The fourth-order valence-corrected chi connectivity index (χ4v) is 2.85. The minimum absolute atomic E-state index is 0.153. The minimum atomic E-state index is -3.49. The Morgan fingerprint density at radius 1 is 1.25 bits per heavy atom. The number of hydrogen-bond donors (Lipinski definition) is 2. The number of nitrogens with two attached hydrogens (primary N) is 1. The van der Waals surface area contributed by atoms with E-state index in [1.165, 1.54) is 26.2 Å². The molecule has 3 N–H and O–H groups in total. The lowest BCUT2D eigenvalue weighted by atomic mass is 10.1. The van der Waals surface area contributed by atoms with Gasteiger partial charge in [-0.05, 0) is 32.0 Å². The maximum atomic E-state index is 12.0. The Balaban J connectivity index is 3.12. The highest BCUT2D eigenvalue weighted by Crippen LogP contribution is 2.27. The average molecular weight is 301 g/mol. The predicted molar refractivity (Wildman–Crippen MR) is 81.3 cm³/mol. The fraction of sp³-hybridized carbons (Fsp3) is 0.538. The molecule has 1 aromatic carbocycles. The van der Waals surface area contributed by atoms with Crippen LogP contribution in [-0.2, 0) is 10.0 Å². The van der Waals surface area contributed by atoms with Crippen LogP contribution in [-0.4, -0.2) is 51.1 Å². The molecule has 1 aromatic rings. The van der Waals surface area contributed by atoms with Crippen molar-refractivity contribution in [1.82, 2.24) is 4.31 Å².